The number of carbonyl (C=O) groups is 2. The van der Waals surface area contributed by atoms with Gasteiger partial charge in [0.2, 0.25) is 11.8 Å². The van der Waals surface area contributed by atoms with Crippen LogP contribution in [0.5, 0.6) is 5.75 Å². The topological polar surface area (TPSA) is 67.4 Å². The van der Waals surface area contributed by atoms with E-state index in [0.29, 0.717) is 6.42 Å². The zero-order valence-corrected chi connectivity index (χ0v) is 13.4. The molecule has 22 heavy (non-hydrogen) atoms. The second-order valence-corrected chi connectivity index (χ2v) is 7.39. The monoisotopic (exact) mass is 302 g/mol. The Labute approximate surface area is 130 Å². The van der Waals surface area contributed by atoms with E-state index in [1.165, 1.54) is 0 Å². The molecule has 1 fully saturated rings. The third-order valence-corrected chi connectivity index (χ3v) is 4.12. The van der Waals surface area contributed by atoms with Gasteiger partial charge in [-0.25, -0.2) is 0 Å². The summed E-state index contributed by atoms with van der Waals surface area (Å²) in [5.74, 6) is -0.637. The second-order valence-electron chi connectivity index (χ2n) is 7.39. The van der Waals surface area contributed by atoms with Gasteiger partial charge in [0.15, 0.2) is 5.72 Å². The van der Waals surface area contributed by atoms with Crippen molar-refractivity contribution >= 4 is 11.8 Å². The van der Waals surface area contributed by atoms with Gasteiger partial charge in [0.1, 0.15) is 11.7 Å². The molecule has 3 atom stereocenters. The molecule has 0 unspecified atom stereocenters. The van der Waals surface area contributed by atoms with Crippen molar-refractivity contribution in [2.24, 2.45) is 5.92 Å². The number of hydrogen-bond donors (Lipinski definition) is 2. The summed E-state index contributed by atoms with van der Waals surface area (Å²) in [5.41, 5.74) is -0.180. The van der Waals surface area contributed by atoms with Crippen LogP contribution in [0.3, 0.4) is 0 Å². The second kappa shape index (κ2) is 4.73. The summed E-state index contributed by atoms with van der Waals surface area (Å²) in [7, 11) is 0. The molecule has 2 amide bonds. The Morgan fingerprint density at radius 1 is 1.36 bits per heavy atom. The maximum absolute atomic E-state index is 12.6. The number of para-hydroxylation sites is 1. The van der Waals surface area contributed by atoms with Crippen LogP contribution in [0, 0.1) is 5.92 Å². The first-order chi connectivity index (χ1) is 10.2. The molecular weight excluding hydrogens is 280 g/mol. The number of amides is 2. The maximum Gasteiger partial charge on any atom is 0.236 e. The molecule has 2 aliphatic rings. The minimum atomic E-state index is -0.741. The molecular formula is C17H22N2O3. The molecule has 0 radical (unpaired) electrons. The maximum atomic E-state index is 12.6. The van der Waals surface area contributed by atoms with Crippen LogP contribution in [-0.4, -0.2) is 23.1 Å². The van der Waals surface area contributed by atoms with Gasteiger partial charge < -0.3 is 15.4 Å². The minimum absolute atomic E-state index is 0.161. The largest absolute Gasteiger partial charge is 0.468 e. The Hall–Kier alpha value is -2.04. The van der Waals surface area contributed by atoms with Crippen LogP contribution in [0.1, 0.15) is 45.6 Å². The fourth-order valence-electron chi connectivity index (χ4n) is 3.34. The van der Waals surface area contributed by atoms with Crippen molar-refractivity contribution in [2.45, 2.75) is 51.3 Å². The van der Waals surface area contributed by atoms with Crippen molar-refractivity contribution in [2.75, 3.05) is 0 Å². The Balaban J connectivity index is 1.99. The van der Waals surface area contributed by atoms with Crippen LogP contribution in [0.2, 0.25) is 0 Å². The minimum Gasteiger partial charge on any atom is -0.468 e. The van der Waals surface area contributed by atoms with Gasteiger partial charge >= 0.3 is 0 Å². The van der Waals surface area contributed by atoms with Crippen LogP contribution in [0.15, 0.2) is 24.3 Å². The van der Waals surface area contributed by atoms with E-state index in [1.54, 1.807) is 0 Å². The highest BCUT2D eigenvalue weighted by Gasteiger charge is 2.51. The normalized spacial score (nSPS) is 29.9. The summed E-state index contributed by atoms with van der Waals surface area (Å²) >= 11 is 0. The number of rotatable bonds is 1. The van der Waals surface area contributed by atoms with E-state index in [0.717, 1.165) is 11.3 Å². The van der Waals surface area contributed by atoms with E-state index in [1.807, 2.05) is 52.0 Å². The van der Waals surface area contributed by atoms with Gasteiger partial charge in [0, 0.05) is 17.9 Å². The lowest BCUT2D eigenvalue weighted by molar-refractivity contribution is -0.147. The van der Waals surface area contributed by atoms with E-state index in [-0.39, 0.29) is 23.3 Å². The number of benzene rings is 1. The van der Waals surface area contributed by atoms with Gasteiger partial charge in [0.25, 0.3) is 0 Å². The number of carbonyl (C=O) groups excluding carboxylic acids is 2. The molecule has 1 aromatic rings. The number of fused-ring (bicyclic) bond motifs is 4. The molecule has 0 spiro atoms. The first-order valence-corrected chi connectivity index (χ1v) is 7.61. The average Bonchev–Trinajstić information content (AvgIpc) is 2.34. The molecule has 1 saturated heterocycles. The van der Waals surface area contributed by atoms with E-state index in [9.17, 15) is 9.59 Å². The summed E-state index contributed by atoms with van der Waals surface area (Å²) < 4.78 is 5.93. The summed E-state index contributed by atoms with van der Waals surface area (Å²) in [6, 6.07) is 7.64. The summed E-state index contributed by atoms with van der Waals surface area (Å²) in [6.07, 6.45) is 0.595. The average molecular weight is 302 g/mol. The van der Waals surface area contributed by atoms with Gasteiger partial charge in [-0.05, 0) is 39.3 Å². The molecule has 1 aromatic carbocycles. The van der Waals surface area contributed by atoms with E-state index < -0.39 is 11.6 Å². The van der Waals surface area contributed by atoms with E-state index >= 15 is 0 Å². The lowest BCUT2D eigenvalue weighted by Gasteiger charge is -2.47. The quantitative estimate of drug-likeness (QED) is 0.779. The number of nitrogens with one attached hydrogen (secondary N) is 2. The van der Waals surface area contributed by atoms with Gasteiger partial charge in [0.05, 0.1) is 0 Å². The highest BCUT2D eigenvalue weighted by Crippen LogP contribution is 2.46. The van der Waals surface area contributed by atoms with Crippen molar-refractivity contribution in [1.29, 1.82) is 0 Å². The fraction of sp³-hybridized carbons (Fsp3) is 0.529. The lowest BCUT2D eigenvalue weighted by atomic mass is 9.74. The van der Waals surface area contributed by atoms with Crippen molar-refractivity contribution in [3.63, 3.8) is 0 Å². The number of piperidine rings is 1. The van der Waals surface area contributed by atoms with Crippen LogP contribution < -0.4 is 15.4 Å². The summed E-state index contributed by atoms with van der Waals surface area (Å²) in [4.78, 5) is 25.1. The van der Waals surface area contributed by atoms with E-state index in [2.05, 4.69) is 10.6 Å². The summed E-state index contributed by atoms with van der Waals surface area (Å²) in [5, 5.41) is 5.78. The van der Waals surface area contributed by atoms with Crippen molar-refractivity contribution in [3.8, 4) is 5.75 Å². The zero-order chi connectivity index (χ0) is 16.1. The van der Waals surface area contributed by atoms with Crippen LogP contribution in [0.4, 0.5) is 0 Å². The van der Waals surface area contributed by atoms with Crippen molar-refractivity contribution < 1.29 is 14.3 Å². The Kier molecular flexibility index (Phi) is 3.20. The lowest BCUT2D eigenvalue weighted by Crippen LogP contribution is -2.63. The Morgan fingerprint density at radius 3 is 2.73 bits per heavy atom. The standard InChI is InChI=1S/C17H22N2O3/c1-16(2,3)18-14(20)13-11-9-17(4,19-15(13)21)22-12-8-6-5-7-10(11)12/h5-8,11,13H,9H2,1-4H3,(H,18,20)(H,19,21)/t11-,13-,17+/m1/s1. The third kappa shape index (κ3) is 2.56. The molecule has 2 aliphatic heterocycles. The van der Waals surface area contributed by atoms with Crippen LogP contribution in [0.25, 0.3) is 0 Å². The van der Waals surface area contributed by atoms with Crippen LogP contribution >= 0.6 is 0 Å². The SMILES string of the molecule is CC(C)(C)NC(=O)[C@@H]1C(=O)N[C@]2(C)C[C@@H]1c1ccccc1O2. The molecule has 3 rings (SSSR count). The predicted octanol–water partition coefficient (Wildman–Crippen LogP) is 1.93. The van der Waals surface area contributed by atoms with Crippen molar-refractivity contribution in [1.82, 2.24) is 10.6 Å². The van der Waals surface area contributed by atoms with Gasteiger partial charge in [-0.15, -0.1) is 0 Å². The smallest absolute Gasteiger partial charge is 0.236 e. The van der Waals surface area contributed by atoms with Crippen molar-refractivity contribution in [3.05, 3.63) is 29.8 Å². The van der Waals surface area contributed by atoms with Gasteiger partial charge in [-0.1, -0.05) is 18.2 Å². The van der Waals surface area contributed by atoms with Crippen LogP contribution in [-0.2, 0) is 9.59 Å². The fourth-order valence-corrected chi connectivity index (χ4v) is 3.34. The molecule has 2 bridgehead atoms. The molecule has 5 heteroatoms. The molecule has 118 valence electrons. The molecule has 0 aliphatic carbocycles. The molecule has 5 nitrogen and oxygen atoms in total. The highest BCUT2D eigenvalue weighted by atomic mass is 16.5. The Morgan fingerprint density at radius 2 is 2.05 bits per heavy atom. The molecule has 2 N–H and O–H groups in total. The van der Waals surface area contributed by atoms with Gasteiger partial charge in [-0.3, -0.25) is 9.59 Å². The highest BCUT2D eigenvalue weighted by molar-refractivity contribution is 6.02. The number of ether oxygens (including phenoxy) is 1. The summed E-state index contributed by atoms with van der Waals surface area (Å²) in [6.45, 7) is 7.58. The first-order valence-electron chi connectivity index (χ1n) is 7.61. The number of hydrogen-bond acceptors (Lipinski definition) is 3. The molecule has 0 saturated carbocycles. The third-order valence-electron chi connectivity index (χ3n) is 4.12. The Bertz CT molecular complexity index is 635. The first kappa shape index (κ1) is 14.9. The van der Waals surface area contributed by atoms with E-state index in [4.69, 9.17) is 4.74 Å². The van der Waals surface area contributed by atoms with Gasteiger partial charge in [-0.2, -0.15) is 0 Å². The molecule has 2 heterocycles. The predicted molar refractivity (Wildman–Crippen MR) is 82.4 cm³/mol. The zero-order valence-electron chi connectivity index (χ0n) is 13.4. The molecule has 0 aromatic heterocycles.